The summed E-state index contributed by atoms with van der Waals surface area (Å²) >= 11 is 0. The maximum absolute atomic E-state index is 12.5. The van der Waals surface area contributed by atoms with Crippen LogP contribution < -0.4 is 5.32 Å². The minimum atomic E-state index is -0.0857. The third kappa shape index (κ3) is 2.59. The lowest BCUT2D eigenvalue weighted by Gasteiger charge is -2.55. The van der Waals surface area contributed by atoms with Crippen molar-refractivity contribution in [3.05, 3.63) is 17.0 Å². The summed E-state index contributed by atoms with van der Waals surface area (Å²) in [6, 6.07) is 0.158. The molecule has 0 saturated heterocycles. The molecule has 118 valence electrons. The van der Waals surface area contributed by atoms with E-state index in [2.05, 4.69) is 24.3 Å². The highest BCUT2D eigenvalue weighted by Gasteiger charge is 2.54. The van der Waals surface area contributed by atoms with Crippen LogP contribution in [0.25, 0.3) is 0 Å². The van der Waals surface area contributed by atoms with Crippen LogP contribution in [0.5, 0.6) is 0 Å². The molecule has 1 aromatic heterocycles. The van der Waals surface area contributed by atoms with E-state index in [1.54, 1.807) is 13.8 Å². The van der Waals surface area contributed by atoms with E-state index >= 15 is 0 Å². The van der Waals surface area contributed by atoms with Gasteiger partial charge in [0.05, 0.1) is 11.8 Å². The van der Waals surface area contributed by atoms with Crippen LogP contribution in [0.1, 0.15) is 61.8 Å². The summed E-state index contributed by atoms with van der Waals surface area (Å²) in [5.41, 5.74) is 1.25. The lowest BCUT2D eigenvalue weighted by molar-refractivity contribution is -0.134. The maximum atomic E-state index is 12.5. The Morgan fingerprint density at radius 1 is 1.38 bits per heavy atom. The molecule has 1 saturated carbocycles. The van der Waals surface area contributed by atoms with Gasteiger partial charge in [-0.1, -0.05) is 19.0 Å². The zero-order chi connectivity index (χ0) is 15.6. The molecule has 0 radical (unpaired) electrons. The molecular weight excluding hydrogens is 268 g/mol. The number of rotatable bonds is 6. The molecule has 0 unspecified atom stereocenters. The highest BCUT2D eigenvalue weighted by molar-refractivity contribution is 5.96. The first-order valence-electron chi connectivity index (χ1n) is 7.85. The minimum Gasteiger partial charge on any atom is -0.378 e. The van der Waals surface area contributed by atoms with Crippen molar-refractivity contribution in [1.29, 1.82) is 0 Å². The summed E-state index contributed by atoms with van der Waals surface area (Å²) in [5.74, 6) is 0.488. The van der Waals surface area contributed by atoms with Gasteiger partial charge in [0.25, 0.3) is 5.91 Å². The Morgan fingerprint density at radius 3 is 2.52 bits per heavy atom. The van der Waals surface area contributed by atoms with Crippen LogP contribution in [0, 0.1) is 19.3 Å². The van der Waals surface area contributed by atoms with E-state index in [9.17, 15) is 4.79 Å². The molecule has 5 nitrogen and oxygen atoms in total. The molecule has 1 N–H and O–H groups in total. The molecule has 1 aliphatic carbocycles. The number of amides is 1. The largest absolute Gasteiger partial charge is 0.378 e. The van der Waals surface area contributed by atoms with Gasteiger partial charge in [0, 0.05) is 18.1 Å². The molecule has 1 heterocycles. The van der Waals surface area contributed by atoms with Crippen molar-refractivity contribution in [3.8, 4) is 0 Å². The topological polar surface area (TPSA) is 64.4 Å². The monoisotopic (exact) mass is 294 g/mol. The molecule has 1 aromatic rings. The van der Waals surface area contributed by atoms with Crippen LogP contribution in [0.15, 0.2) is 4.52 Å². The van der Waals surface area contributed by atoms with Crippen molar-refractivity contribution >= 4 is 5.91 Å². The number of nitrogens with zero attached hydrogens (tertiary/aromatic N) is 1. The Balaban J connectivity index is 2.11. The fourth-order valence-electron chi connectivity index (χ4n) is 3.62. The number of hydrogen-bond acceptors (Lipinski definition) is 4. The molecular formula is C16H26N2O3. The van der Waals surface area contributed by atoms with E-state index in [1.165, 1.54) is 0 Å². The number of hydrogen-bond donors (Lipinski definition) is 1. The van der Waals surface area contributed by atoms with Crippen molar-refractivity contribution in [1.82, 2.24) is 10.5 Å². The average molecular weight is 294 g/mol. The molecule has 1 amide bonds. The number of carbonyl (C=O) groups excluding carboxylic acids is 1. The van der Waals surface area contributed by atoms with Gasteiger partial charge in [0.15, 0.2) is 0 Å². The van der Waals surface area contributed by atoms with E-state index in [4.69, 9.17) is 9.26 Å². The molecule has 2 atom stereocenters. The van der Waals surface area contributed by atoms with E-state index in [-0.39, 0.29) is 23.5 Å². The average Bonchev–Trinajstić information content (AvgIpc) is 2.78. The Kier molecular flexibility index (Phi) is 4.71. The van der Waals surface area contributed by atoms with Gasteiger partial charge in [0.2, 0.25) is 0 Å². The highest BCUT2D eigenvalue weighted by atomic mass is 16.5. The SMILES string of the molecule is CCO[C@H]1C[C@H](NC(=O)c2c(C)noc2C)C1(CC)CC. The third-order valence-corrected chi connectivity index (χ3v) is 5.04. The lowest BCUT2D eigenvalue weighted by atomic mass is 9.58. The van der Waals surface area contributed by atoms with Gasteiger partial charge < -0.3 is 14.6 Å². The first-order chi connectivity index (χ1) is 10.00. The van der Waals surface area contributed by atoms with Gasteiger partial charge in [-0.25, -0.2) is 0 Å². The number of ether oxygens (including phenoxy) is 1. The van der Waals surface area contributed by atoms with Crippen LogP contribution in [-0.2, 0) is 4.74 Å². The predicted molar refractivity (Wildman–Crippen MR) is 80.3 cm³/mol. The van der Waals surface area contributed by atoms with Gasteiger partial charge in [-0.2, -0.15) is 0 Å². The number of nitrogens with one attached hydrogen (secondary N) is 1. The van der Waals surface area contributed by atoms with Crippen molar-refractivity contribution in [2.75, 3.05) is 6.61 Å². The number of aromatic nitrogens is 1. The van der Waals surface area contributed by atoms with Crippen LogP contribution in [0.4, 0.5) is 0 Å². The minimum absolute atomic E-state index is 0.0463. The predicted octanol–water partition coefficient (Wildman–Crippen LogP) is 3.01. The normalized spacial score (nSPS) is 23.7. The summed E-state index contributed by atoms with van der Waals surface area (Å²) in [5, 5.41) is 7.01. The first-order valence-corrected chi connectivity index (χ1v) is 7.85. The quantitative estimate of drug-likeness (QED) is 0.876. The molecule has 21 heavy (non-hydrogen) atoms. The third-order valence-electron chi connectivity index (χ3n) is 5.04. The van der Waals surface area contributed by atoms with Crippen molar-refractivity contribution in [3.63, 3.8) is 0 Å². The number of carbonyl (C=O) groups is 1. The molecule has 0 bridgehead atoms. The fraction of sp³-hybridized carbons (Fsp3) is 0.750. The van der Waals surface area contributed by atoms with Crippen LogP contribution in [0.2, 0.25) is 0 Å². The zero-order valence-corrected chi connectivity index (χ0v) is 13.7. The second kappa shape index (κ2) is 6.18. The van der Waals surface area contributed by atoms with Crippen LogP contribution in [0.3, 0.4) is 0 Å². The van der Waals surface area contributed by atoms with Gasteiger partial charge in [-0.05, 0) is 40.0 Å². The molecule has 0 aliphatic heterocycles. The van der Waals surface area contributed by atoms with E-state index in [0.717, 1.165) is 25.9 Å². The summed E-state index contributed by atoms with van der Waals surface area (Å²) in [6.45, 7) is 10.6. The van der Waals surface area contributed by atoms with Crippen molar-refractivity contribution < 1.29 is 14.1 Å². The Hall–Kier alpha value is -1.36. The van der Waals surface area contributed by atoms with Crippen LogP contribution >= 0.6 is 0 Å². The Morgan fingerprint density at radius 2 is 2.05 bits per heavy atom. The van der Waals surface area contributed by atoms with E-state index in [1.807, 2.05) is 6.92 Å². The number of aryl methyl sites for hydroxylation is 2. The van der Waals surface area contributed by atoms with Crippen LogP contribution in [-0.4, -0.2) is 29.8 Å². The molecule has 0 spiro atoms. The smallest absolute Gasteiger partial charge is 0.257 e. The van der Waals surface area contributed by atoms with E-state index in [0.29, 0.717) is 17.0 Å². The van der Waals surface area contributed by atoms with Crippen molar-refractivity contribution in [2.24, 2.45) is 5.41 Å². The maximum Gasteiger partial charge on any atom is 0.257 e. The molecule has 0 aromatic carbocycles. The summed E-state index contributed by atoms with van der Waals surface area (Å²) in [4.78, 5) is 12.5. The highest BCUT2D eigenvalue weighted by Crippen LogP contribution is 2.49. The fourth-order valence-corrected chi connectivity index (χ4v) is 3.62. The summed E-state index contributed by atoms with van der Waals surface area (Å²) < 4.78 is 10.9. The van der Waals surface area contributed by atoms with Gasteiger partial charge in [-0.3, -0.25) is 4.79 Å². The molecule has 2 rings (SSSR count). The molecule has 1 fully saturated rings. The van der Waals surface area contributed by atoms with Gasteiger partial charge >= 0.3 is 0 Å². The molecule has 5 heteroatoms. The summed E-state index contributed by atoms with van der Waals surface area (Å²) in [6.07, 6.45) is 3.12. The Bertz CT molecular complexity index is 486. The standard InChI is InChI=1S/C16H26N2O3/c1-6-16(7-2)12(9-13(16)20-8-3)17-15(19)14-10(4)18-21-11(14)5/h12-13H,6-9H2,1-5H3,(H,17,19)/t12-,13-/m0/s1. The lowest BCUT2D eigenvalue weighted by Crippen LogP contribution is -2.64. The second-order valence-electron chi connectivity index (χ2n) is 5.85. The van der Waals surface area contributed by atoms with Crippen molar-refractivity contribution in [2.45, 2.75) is 66.0 Å². The zero-order valence-electron chi connectivity index (χ0n) is 13.7. The Labute approximate surface area is 126 Å². The van der Waals surface area contributed by atoms with E-state index < -0.39 is 0 Å². The second-order valence-corrected chi connectivity index (χ2v) is 5.85. The van der Waals surface area contributed by atoms with Gasteiger partial charge in [-0.15, -0.1) is 0 Å². The van der Waals surface area contributed by atoms with Gasteiger partial charge in [0.1, 0.15) is 11.3 Å². The molecule has 1 aliphatic rings. The summed E-state index contributed by atoms with van der Waals surface area (Å²) in [7, 11) is 0. The first kappa shape index (κ1) is 16.0.